The van der Waals surface area contributed by atoms with Crippen molar-refractivity contribution in [3.05, 3.63) is 82.4 Å². The Morgan fingerprint density at radius 1 is 0.906 bits per heavy atom. The van der Waals surface area contributed by atoms with Crippen LogP contribution < -0.4 is 10.5 Å². The first-order valence-corrected chi connectivity index (χ1v) is 10.4. The molecule has 0 spiro atoms. The number of carbonyl (C=O) groups is 2. The molecule has 1 amide bonds. The molecule has 2 heterocycles. The predicted octanol–water partition coefficient (Wildman–Crippen LogP) is 2.60. The van der Waals surface area contributed by atoms with Crippen molar-refractivity contribution in [1.82, 2.24) is 14.7 Å². The Morgan fingerprint density at radius 3 is 2.19 bits per heavy atom. The lowest BCUT2D eigenvalue weighted by Gasteiger charge is -2.36. The van der Waals surface area contributed by atoms with E-state index in [-0.39, 0.29) is 29.6 Å². The quantitative estimate of drug-likeness (QED) is 0.577. The number of aromatic nitrogens is 2. The Morgan fingerprint density at radius 2 is 1.56 bits per heavy atom. The Kier molecular flexibility index (Phi) is 6.11. The van der Waals surface area contributed by atoms with Crippen molar-refractivity contribution in [3.63, 3.8) is 0 Å². The van der Waals surface area contributed by atoms with Crippen LogP contribution in [0.4, 0.5) is 10.1 Å². The van der Waals surface area contributed by atoms with E-state index < -0.39 is 0 Å². The SMILES string of the molecule is CC(=O)c1ccc(N2CCN(C(=O)Cn3nc(-c4ccc(F)cc4)ccc3=O)CC2)cc1. The predicted molar refractivity (Wildman–Crippen MR) is 119 cm³/mol. The molecule has 0 N–H and O–H groups in total. The first-order valence-electron chi connectivity index (χ1n) is 10.4. The number of anilines is 1. The molecule has 0 atom stereocenters. The minimum Gasteiger partial charge on any atom is -0.368 e. The number of carbonyl (C=O) groups excluding carboxylic acids is 2. The number of piperazine rings is 1. The van der Waals surface area contributed by atoms with Gasteiger partial charge >= 0.3 is 0 Å². The van der Waals surface area contributed by atoms with Gasteiger partial charge in [0.05, 0.1) is 5.69 Å². The van der Waals surface area contributed by atoms with Crippen LogP contribution in [0.2, 0.25) is 0 Å². The second-order valence-corrected chi connectivity index (χ2v) is 7.69. The average Bonchev–Trinajstić information content (AvgIpc) is 2.81. The van der Waals surface area contributed by atoms with E-state index >= 15 is 0 Å². The second kappa shape index (κ2) is 9.13. The van der Waals surface area contributed by atoms with Crippen LogP contribution in [0, 0.1) is 5.82 Å². The lowest BCUT2D eigenvalue weighted by Crippen LogP contribution is -2.50. The van der Waals surface area contributed by atoms with Crippen LogP contribution >= 0.6 is 0 Å². The molecule has 0 unspecified atom stereocenters. The largest absolute Gasteiger partial charge is 0.368 e. The summed E-state index contributed by atoms with van der Waals surface area (Å²) in [5, 5.41) is 4.29. The van der Waals surface area contributed by atoms with Crippen molar-refractivity contribution < 1.29 is 14.0 Å². The lowest BCUT2D eigenvalue weighted by molar-refractivity contribution is -0.132. The maximum absolute atomic E-state index is 13.2. The van der Waals surface area contributed by atoms with Gasteiger partial charge in [-0.05, 0) is 61.5 Å². The van der Waals surface area contributed by atoms with Gasteiger partial charge in [0.2, 0.25) is 5.91 Å². The number of amides is 1. The topological polar surface area (TPSA) is 75.5 Å². The number of Topliss-reactive ketones (excluding diaryl/α,β-unsaturated/α-hetero) is 1. The molecule has 3 aromatic rings. The average molecular weight is 434 g/mol. The Labute approximate surface area is 184 Å². The molecule has 0 bridgehead atoms. The van der Waals surface area contributed by atoms with E-state index in [0.717, 1.165) is 10.4 Å². The summed E-state index contributed by atoms with van der Waals surface area (Å²) in [5.41, 5.74) is 2.47. The maximum Gasteiger partial charge on any atom is 0.267 e. The molecule has 7 nitrogen and oxygen atoms in total. The molecule has 0 saturated carbocycles. The zero-order valence-electron chi connectivity index (χ0n) is 17.7. The van der Waals surface area contributed by atoms with Crippen molar-refractivity contribution in [1.29, 1.82) is 0 Å². The molecule has 1 fully saturated rings. The first kappa shape index (κ1) is 21.4. The normalized spacial score (nSPS) is 13.8. The van der Waals surface area contributed by atoms with Gasteiger partial charge in [-0.3, -0.25) is 14.4 Å². The van der Waals surface area contributed by atoms with Crippen LogP contribution in [0.1, 0.15) is 17.3 Å². The fourth-order valence-corrected chi connectivity index (χ4v) is 3.69. The zero-order valence-corrected chi connectivity index (χ0v) is 17.7. The molecular weight excluding hydrogens is 411 g/mol. The molecule has 1 saturated heterocycles. The van der Waals surface area contributed by atoms with Gasteiger partial charge < -0.3 is 9.80 Å². The fraction of sp³-hybridized carbons (Fsp3) is 0.250. The molecule has 32 heavy (non-hydrogen) atoms. The third kappa shape index (κ3) is 4.74. The highest BCUT2D eigenvalue weighted by atomic mass is 19.1. The standard InChI is InChI=1S/C24H23FN4O3/c1-17(30)18-4-8-21(9-5-18)27-12-14-28(15-13-27)24(32)16-29-23(31)11-10-22(26-29)19-2-6-20(25)7-3-19/h2-11H,12-16H2,1H3. The summed E-state index contributed by atoms with van der Waals surface area (Å²) in [4.78, 5) is 40.3. The third-order valence-electron chi connectivity index (χ3n) is 5.56. The van der Waals surface area contributed by atoms with Crippen molar-refractivity contribution in [3.8, 4) is 11.3 Å². The molecule has 4 rings (SSSR count). The van der Waals surface area contributed by atoms with Crippen molar-refractivity contribution >= 4 is 17.4 Å². The monoisotopic (exact) mass is 434 g/mol. The van der Waals surface area contributed by atoms with Crippen LogP contribution in [0.3, 0.4) is 0 Å². The van der Waals surface area contributed by atoms with Crippen LogP contribution in [0.25, 0.3) is 11.3 Å². The highest BCUT2D eigenvalue weighted by Crippen LogP contribution is 2.18. The molecule has 0 radical (unpaired) electrons. The summed E-state index contributed by atoms with van der Waals surface area (Å²) in [7, 11) is 0. The number of rotatable bonds is 5. The van der Waals surface area contributed by atoms with Gasteiger partial charge in [-0.25, -0.2) is 9.07 Å². The molecule has 0 aliphatic carbocycles. The summed E-state index contributed by atoms with van der Waals surface area (Å²) >= 11 is 0. The van der Waals surface area contributed by atoms with E-state index in [1.54, 1.807) is 35.2 Å². The number of nitrogens with zero attached hydrogens (tertiary/aromatic N) is 4. The number of ketones is 1. The van der Waals surface area contributed by atoms with E-state index in [2.05, 4.69) is 10.00 Å². The van der Waals surface area contributed by atoms with E-state index in [0.29, 0.717) is 43.0 Å². The smallest absolute Gasteiger partial charge is 0.267 e. The highest BCUT2D eigenvalue weighted by molar-refractivity contribution is 5.94. The summed E-state index contributed by atoms with van der Waals surface area (Å²) in [6.07, 6.45) is 0. The van der Waals surface area contributed by atoms with Gasteiger partial charge in [0.25, 0.3) is 5.56 Å². The maximum atomic E-state index is 13.2. The van der Waals surface area contributed by atoms with Crippen molar-refractivity contribution in [2.24, 2.45) is 0 Å². The minimum atomic E-state index is -0.367. The number of benzene rings is 2. The van der Waals surface area contributed by atoms with Gasteiger partial charge in [-0.2, -0.15) is 5.10 Å². The summed E-state index contributed by atoms with van der Waals surface area (Å²) in [6, 6.07) is 16.2. The van der Waals surface area contributed by atoms with E-state index in [4.69, 9.17) is 0 Å². The van der Waals surface area contributed by atoms with E-state index in [1.165, 1.54) is 25.1 Å². The molecule has 1 aliphatic heterocycles. The van der Waals surface area contributed by atoms with Crippen LogP contribution in [0.15, 0.2) is 65.5 Å². The van der Waals surface area contributed by atoms with Crippen molar-refractivity contribution in [2.75, 3.05) is 31.1 Å². The molecule has 1 aliphatic rings. The fourth-order valence-electron chi connectivity index (χ4n) is 3.69. The number of hydrogen-bond acceptors (Lipinski definition) is 5. The van der Waals surface area contributed by atoms with E-state index in [1.807, 2.05) is 12.1 Å². The zero-order chi connectivity index (χ0) is 22.7. The number of hydrogen-bond donors (Lipinski definition) is 0. The van der Waals surface area contributed by atoms with Gasteiger partial charge in [-0.1, -0.05) is 0 Å². The van der Waals surface area contributed by atoms with Gasteiger partial charge in [0.1, 0.15) is 12.4 Å². The van der Waals surface area contributed by atoms with Crippen molar-refractivity contribution in [2.45, 2.75) is 13.5 Å². The van der Waals surface area contributed by atoms with Gasteiger partial charge in [0, 0.05) is 49.1 Å². The molecular formula is C24H23FN4O3. The summed E-state index contributed by atoms with van der Waals surface area (Å²) in [6.45, 7) is 3.75. The lowest BCUT2D eigenvalue weighted by atomic mass is 10.1. The van der Waals surface area contributed by atoms with Crippen LogP contribution in [0.5, 0.6) is 0 Å². The molecule has 8 heteroatoms. The molecule has 2 aromatic carbocycles. The Balaban J connectivity index is 1.39. The van der Waals surface area contributed by atoms with Crippen LogP contribution in [-0.2, 0) is 11.3 Å². The van der Waals surface area contributed by atoms with Gasteiger partial charge in [0.15, 0.2) is 5.78 Å². The minimum absolute atomic E-state index is 0.0271. The second-order valence-electron chi connectivity index (χ2n) is 7.69. The first-order chi connectivity index (χ1) is 15.4. The third-order valence-corrected chi connectivity index (χ3v) is 5.56. The Bertz CT molecular complexity index is 1180. The molecule has 164 valence electrons. The Hall–Kier alpha value is -3.81. The number of halogens is 1. The van der Waals surface area contributed by atoms with E-state index in [9.17, 15) is 18.8 Å². The highest BCUT2D eigenvalue weighted by Gasteiger charge is 2.22. The van der Waals surface area contributed by atoms with Gasteiger partial charge in [-0.15, -0.1) is 0 Å². The summed E-state index contributed by atoms with van der Waals surface area (Å²) < 4.78 is 14.3. The summed E-state index contributed by atoms with van der Waals surface area (Å²) in [5.74, 6) is -0.507. The molecule has 1 aromatic heterocycles. The van der Waals surface area contributed by atoms with Crippen LogP contribution in [-0.4, -0.2) is 52.5 Å².